The van der Waals surface area contributed by atoms with Crippen molar-refractivity contribution in [3.05, 3.63) is 45.7 Å². The molecule has 3 rings (SSSR count). The summed E-state index contributed by atoms with van der Waals surface area (Å²) in [6.07, 6.45) is 0. The molecule has 1 aromatic carbocycles. The fraction of sp³-hybridized carbons (Fsp3) is 0.500. The molecule has 0 aliphatic carbocycles. The normalized spacial score (nSPS) is 19.5. The lowest BCUT2D eigenvalue weighted by Crippen LogP contribution is -2.52. The number of aromatic nitrogens is 2. The minimum absolute atomic E-state index is 0.211. The van der Waals surface area contributed by atoms with E-state index < -0.39 is 0 Å². The molecule has 1 N–H and O–H groups in total. The maximum Gasteiger partial charge on any atom is 0.137 e. The van der Waals surface area contributed by atoms with Crippen molar-refractivity contribution < 1.29 is 5.11 Å². The molecule has 1 fully saturated rings. The van der Waals surface area contributed by atoms with Crippen molar-refractivity contribution in [2.75, 3.05) is 32.8 Å². The Morgan fingerprint density at radius 3 is 2.56 bits per heavy atom. The van der Waals surface area contributed by atoms with Crippen LogP contribution in [-0.2, 0) is 6.54 Å². The van der Waals surface area contributed by atoms with Crippen LogP contribution in [0.2, 0.25) is 10.2 Å². The quantitative estimate of drug-likeness (QED) is 0.862. The molecule has 1 saturated heterocycles. The maximum absolute atomic E-state index is 9.15. The minimum Gasteiger partial charge on any atom is -0.395 e. The van der Waals surface area contributed by atoms with Crippen LogP contribution in [0, 0.1) is 6.92 Å². The molecule has 1 aliphatic heterocycles. The number of nitrogens with zero attached hydrogens (tertiary/aromatic N) is 4. The number of rotatable bonds is 5. The van der Waals surface area contributed by atoms with E-state index in [0.29, 0.717) is 16.2 Å². The van der Waals surface area contributed by atoms with Gasteiger partial charge in [-0.3, -0.25) is 9.80 Å². The van der Waals surface area contributed by atoms with Crippen molar-refractivity contribution in [2.45, 2.75) is 26.4 Å². The van der Waals surface area contributed by atoms with Gasteiger partial charge in [-0.05, 0) is 38.1 Å². The number of halogens is 2. The van der Waals surface area contributed by atoms with E-state index in [9.17, 15) is 0 Å². The summed E-state index contributed by atoms with van der Waals surface area (Å²) in [5, 5.41) is 15.1. The van der Waals surface area contributed by atoms with Crippen molar-refractivity contribution in [3.63, 3.8) is 0 Å². The Morgan fingerprint density at radius 2 is 1.92 bits per heavy atom. The van der Waals surface area contributed by atoms with Gasteiger partial charge in [0.2, 0.25) is 0 Å². The third-order valence-corrected chi connectivity index (χ3v) is 5.45. The van der Waals surface area contributed by atoms with Crippen LogP contribution in [0.1, 0.15) is 18.2 Å². The molecule has 2 heterocycles. The number of aliphatic hydroxyl groups is 1. The zero-order valence-electron chi connectivity index (χ0n) is 14.6. The van der Waals surface area contributed by atoms with Crippen LogP contribution in [0.4, 0.5) is 0 Å². The minimum atomic E-state index is 0.211. The maximum atomic E-state index is 9.15. The van der Waals surface area contributed by atoms with E-state index in [1.165, 1.54) is 0 Å². The van der Waals surface area contributed by atoms with E-state index in [1.54, 1.807) is 4.68 Å². The van der Waals surface area contributed by atoms with Crippen LogP contribution < -0.4 is 0 Å². The summed E-state index contributed by atoms with van der Waals surface area (Å²) in [6, 6.07) is 7.93. The van der Waals surface area contributed by atoms with E-state index >= 15 is 0 Å². The van der Waals surface area contributed by atoms with Gasteiger partial charge in [0.25, 0.3) is 0 Å². The molecule has 0 bridgehead atoms. The van der Waals surface area contributed by atoms with Crippen LogP contribution in [0.25, 0.3) is 5.69 Å². The molecule has 5 nitrogen and oxygen atoms in total. The lowest BCUT2D eigenvalue weighted by atomic mass is 10.1. The fourth-order valence-corrected chi connectivity index (χ4v) is 3.82. The van der Waals surface area contributed by atoms with Gasteiger partial charge in [0.05, 0.1) is 18.0 Å². The van der Waals surface area contributed by atoms with Crippen molar-refractivity contribution in [1.82, 2.24) is 19.6 Å². The Morgan fingerprint density at radius 1 is 1.20 bits per heavy atom. The van der Waals surface area contributed by atoms with Gasteiger partial charge in [-0.2, -0.15) is 5.10 Å². The highest BCUT2D eigenvalue weighted by atomic mass is 35.5. The highest BCUT2D eigenvalue weighted by Crippen LogP contribution is 2.26. The molecule has 0 saturated carbocycles. The lowest BCUT2D eigenvalue weighted by molar-refractivity contribution is 0.0646. The van der Waals surface area contributed by atoms with E-state index in [4.69, 9.17) is 28.3 Å². The Labute approximate surface area is 158 Å². The van der Waals surface area contributed by atoms with Gasteiger partial charge in [0, 0.05) is 49.4 Å². The number of hydrogen-bond acceptors (Lipinski definition) is 4. The molecule has 2 aromatic rings. The van der Waals surface area contributed by atoms with Crippen LogP contribution in [0.15, 0.2) is 24.3 Å². The Bertz CT molecular complexity index is 717. The second-order valence-electron chi connectivity index (χ2n) is 6.59. The molecule has 1 aliphatic rings. The molecular weight excluding hydrogens is 359 g/mol. The zero-order chi connectivity index (χ0) is 18.0. The molecule has 1 unspecified atom stereocenters. The first-order valence-corrected chi connectivity index (χ1v) is 9.32. The van der Waals surface area contributed by atoms with Gasteiger partial charge in [0.15, 0.2) is 0 Å². The number of aryl methyl sites for hydroxylation is 1. The third-order valence-electron chi connectivity index (χ3n) is 4.81. The average Bonchev–Trinajstić information content (AvgIpc) is 2.86. The second kappa shape index (κ2) is 8.06. The van der Waals surface area contributed by atoms with Crippen molar-refractivity contribution in [3.8, 4) is 5.69 Å². The summed E-state index contributed by atoms with van der Waals surface area (Å²) in [4.78, 5) is 4.72. The highest BCUT2D eigenvalue weighted by molar-refractivity contribution is 6.31. The van der Waals surface area contributed by atoms with Gasteiger partial charge in [-0.15, -0.1) is 0 Å². The third kappa shape index (κ3) is 4.18. The summed E-state index contributed by atoms with van der Waals surface area (Å²) in [5.41, 5.74) is 2.93. The highest BCUT2D eigenvalue weighted by Gasteiger charge is 2.25. The number of aliphatic hydroxyl groups excluding tert-OH is 1. The predicted octanol–water partition coefficient (Wildman–Crippen LogP) is 2.99. The van der Waals surface area contributed by atoms with Crippen LogP contribution in [0.5, 0.6) is 0 Å². The first-order chi connectivity index (χ1) is 12.0. The lowest BCUT2D eigenvalue weighted by Gasteiger charge is -2.39. The standard InChI is InChI=1S/C18H24Cl2N4O/c1-13-11-22(7-8-23(13)9-10-25)12-17-14(2)21-24(18(17)20)16-5-3-15(19)4-6-16/h3-6,13,25H,7-12H2,1-2H3. The van der Waals surface area contributed by atoms with Crippen molar-refractivity contribution in [1.29, 1.82) is 0 Å². The summed E-state index contributed by atoms with van der Waals surface area (Å²) in [7, 11) is 0. The Kier molecular flexibility index (Phi) is 6.02. The van der Waals surface area contributed by atoms with Gasteiger partial charge in [-0.25, -0.2) is 4.68 Å². The fourth-order valence-electron chi connectivity index (χ4n) is 3.36. The van der Waals surface area contributed by atoms with E-state index in [-0.39, 0.29) is 6.61 Å². The molecule has 136 valence electrons. The molecule has 0 spiro atoms. The van der Waals surface area contributed by atoms with Gasteiger partial charge in [-0.1, -0.05) is 23.2 Å². The smallest absolute Gasteiger partial charge is 0.137 e. The van der Waals surface area contributed by atoms with Crippen LogP contribution in [-0.4, -0.2) is 63.5 Å². The van der Waals surface area contributed by atoms with E-state index in [2.05, 4.69) is 21.8 Å². The van der Waals surface area contributed by atoms with E-state index in [0.717, 1.165) is 49.7 Å². The number of benzene rings is 1. The monoisotopic (exact) mass is 382 g/mol. The number of hydrogen-bond donors (Lipinski definition) is 1. The molecule has 1 aromatic heterocycles. The summed E-state index contributed by atoms with van der Waals surface area (Å²) in [6.45, 7) is 8.83. The SMILES string of the molecule is Cc1nn(-c2ccc(Cl)cc2)c(Cl)c1CN1CCN(CCO)C(C)C1. The molecule has 7 heteroatoms. The molecule has 25 heavy (non-hydrogen) atoms. The van der Waals surface area contributed by atoms with E-state index in [1.807, 2.05) is 31.2 Å². The average molecular weight is 383 g/mol. The topological polar surface area (TPSA) is 44.5 Å². The Balaban J connectivity index is 1.74. The van der Waals surface area contributed by atoms with Gasteiger partial charge >= 0.3 is 0 Å². The Hall–Kier alpha value is -1.11. The van der Waals surface area contributed by atoms with Crippen molar-refractivity contribution in [2.24, 2.45) is 0 Å². The molecular formula is C18H24Cl2N4O. The summed E-state index contributed by atoms with van der Waals surface area (Å²) in [5.74, 6) is 0. The molecule has 0 radical (unpaired) electrons. The van der Waals surface area contributed by atoms with Gasteiger partial charge in [0.1, 0.15) is 5.15 Å². The predicted molar refractivity (Wildman–Crippen MR) is 102 cm³/mol. The number of β-amino-alcohol motifs (C(OH)–C–C–N with tert-alkyl or cyclic N) is 1. The summed E-state index contributed by atoms with van der Waals surface area (Å²) >= 11 is 12.6. The first-order valence-electron chi connectivity index (χ1n) is 8.56. The zero-order valence-corrected chi connectivity index (χ0v) is 16.1. The van der Waals surface area contributed by atoms with Crippen LogP contribution >= 0.6 is 23.2 Å². The summed E-state index contributed by atoms with van der Waals surface area (Å²) < 4.78 is 1.77. The second-order valence-corrected chi connectivity index (χ2v) is 7.38. The molecule has 1 atom stereocenters. The largest absolute Gasteiger partial charge is 0.395 e. The van der Waals surface area contributed by atoms with Crippen LogP contribution in [0.3, 0.4) is 0 Å². The van der Waals surface area contributed by atoms with Gasteiger partial charge < -0.3 is 5.11 Å². The molecule has 0 amide bonds. The first kappa shape index (κ1) is 18.7. The van der Waals surface area contributed by atoms with Crippen molar-refractivity contribution >= 4 is 23.2 Å². The number of piperazine rings is 1.